The number of rotatable bonds is 3. The van der Waals surface area contributed by atoms with E-state index in [1.165, 1.54) is 12.8 Å². The Kier molecular flexibility index (Phi) is 3.74. The van der Waals surface area contributed by atoms with E-state index in [0.29, 0.717) is 11.5 Å². The van der Waals surface area contributed by atoms with Crippen LogP contribution in [0.2, 0.25) is 0 Å². The second-order valence-electron chi connectivity index (χ2n) is 5.06. The quantitative estimate of drug-likeness (QED) is 0.731. The van der Waals surface area contributed by atoms with Crippen molar-refractivity contribution in [2.24, 2.45) is 17.1 Å². The van der Waals surface area contributed by atoms with Gasteiger partial charge in [-0.1, -0.05) is 13.8 Å². The summed E-state index contributed by atoms with van der Waals surface area (Å²) in [5.74, 6) is 0.798. The highest BCUT2D eigenvalue weighted by atomic mass is 16.5. The zero-order chi connectivity index (χ0) is 9.90. The van der Waals surface area contributed by atoms with Crippen LogP contribution in [0.4, 0.5) is 0 Å². The van der Waals surface area contributed by atoms with Gasteiger partial charge in [-0.05, 0) is 37.5 Å². The summed E-state index contributed by atoms with van der Waals surface area (Å²) in [4.78, 5) is 0. The fourth-order valence-corrected chi connectivity index (χ4v) is 2.48. The minimum atomic E-state index is 0.317. The minimum absolute atomic E-state index is 0.317. The summed E-state index contributed by atoms with van der Waals surface area (Å²) < 4.78 is 5.37. The van der Waals surface area contributed by atoms with Crippen molar-refractivity contribution in [3.8, 4) is 0 Å². The molecule has 1 atom stereocenters. The second kappa shape index (κ2) is 4.43. The smallest absolute Gasteiger partial charge is 0.0468 e. The fraction of sp³-hybridized carbons (Fsp3) is 1.00. The van der Waals surface area contributed by atoms with Gasteiger partial charge in [0.15, 0.2) is 0 Å². The summed E-state index contributed by atoms with van der Waals surface area (Å²) in [5, 5.41) is 0. The lowest BCUT2D eigenvalue weighted by Gasteiger charge is -2.38. The molecule has 0 amide bonds. The molecule has 1 saturated heterocycles. The molecule has 0 aromatic carbocycles. The molecule has 1 aliphatic rings. The molecule has 0 bridgehead atoms. The Morgan fingerprint density at radius 2 is 1.92 bits per heavy atom. The van der Waals surface area contributed by atoms with Crippen molar-refractivity contribution in [3.05, 3.63) is 0 Å². The summed E-state index contributed by atoms with van der Waals surface area (Å²) in [6.45, 7) is 8.65. The maximum Gasteiger partial charge on any atom is 0.0468 e. The average molecular weight is 185 g/mol. The van der Waals surface area contributed by atoms with E-state index >= 15 is 0 Å². The number of nitrogens with two attached hydrogens (primary N) is 1. The molecule has 1 unspecified atom stereocenters. The molecule has 78 valence electrons. The van der Waals surface area contributed by atoms with E-state index < -0.39 is 0 Å². The van der Waals surface area contributed by atoms with Crippen molar-refractivity contribution in [1.29, 1.82) is 0 Å². The lowest BCUT2D eigenvalue weighted by molar-refractivity contribution is 0.0180. The molecule has 2 heteroatoms. The van der Waals surface area contributed by atoms with Gasteiger partial charge >= 0.3 is 0 Å². The van der Waals surface area contributed by atoms with Gasteiger partial charge in [0.1, 0.15) is 0 Å². The zero-order valence-corrected chi connectivity index (χ0v) is 9.18. The Morgan fingerprint density at radius 1 is 1.38 bits per heavy atom. The lowest BCUT2D eigenvalue weighted by atomic mass is 9.71. The van der Waals surface area contributed by atoms with Crippen LogP contribution >= 0.6 is 0 Å². The first-order valence-electron chi connectivity index (χ1n) is 5.36. The van der Waals surface area contributed by atoms with E-state index in [2.05, 4.69) is 20.8 Å². The summed E-state index contributed by atoms with van der Waals surface area (Å²) in [7, 11) is 0. The van der Waals surface area contributed by atoms with Gasteiger partial charge in [-0.15, -0.1) is 0 Å². The first kappa shape index (κ1) is 11.0. The molecule has 0 aliphatic carbocycles. The first-order chi connectivity index (χ1) is 6.02. The Labute approximate surface area is 81.8 Å². The molecular weight excluding hydrogens is 162 g/mol. The molecule has 1 aliphatic heterocycles. The van der Waals surface area contributed by atoms with Crippen molar-refractivity contribution in [3.63, 3.8) is 0 Å². The number of hydrogen-bond donors (Lipinski definition) is 1. The highest BCUT2D eigenvalue weighted by molar-refractivity contribution is 4.82. The zero-order valence-electron chi connectivity index (χ0n) is 9.18. The molecule has 2 N–H and O–H groups in total. The molecule has 13 heavy (non-hydrogen) atoms. The summed E-state index contributed by atoms with van der Waals surface area (Å²) >= 11 is 0. The van der Waals surface area contributed by atoms with Crippen LogP contribution in [-0.4, -0.2) is 19.3 Å². The number of ether oxygens (including phenoxy) is 1. The topological polar surface area (TPSA) is 35.2 Å². The van der Waals surface area contributed by atoms with Crippen LogP contribution in [0, 0.1) is 11.3 Å². The molecule has 1 heterocycles. The monoisotopic (exact) mass is 185 g/mol. The van der Waals surface area contributed by atoms with E-state index in [9.17, 15) is 0 Å². The van der Waals surface area contributed by atoms with Gasteiger partial charge in [-0.2, -0.15) is 0 Å². The minimum Gasteiger partial charge on any atom is -0.381 e. The second-order valence-corrected chi connectivity index (χ2v) is 5.06. The summed E-state index contributed by atoms with van der Waals surface area (Å²) in [6.07, 6.45) is 3.54. The van der Waals surface area contributed by atoms with Gasteiger partial charge in [0.2, 0.25) is 0 Å². The van der Waals surface area contributed by atoms with E-state index in [1.54, 1.807) is 0 Å². The van der Waals surface area contributed by atoms with Gasteiger partial charge in [0.25, 0.3) is 0 Å². The highest BCUT2D eigenvalue weighted by Crippen LogP contribution is 2.37. The van der Waals surface area contributed by atoms with Gasteiger partial charge in [-0.25, -0.2) is 0 Å². The molecule has 0 aromatic rings. The lowest BCUT2D eigenvalue weighted by Crippen LogP contribution is -2.34. The van der Waals surface area contributed by atoms with Crippen molar-refractivity contribution in [1.82, 2.24) is 0 Å². The van der Waals surface area contributed by atoms with Crippen LogP contribution < -0.4 is 5.73 Å². The van der Waals surface area contributed by atoms with Crippen LogP contribution in [0.5, 0.6) is 0 Å². The maximum atomic E-state index is 5.85. The van der Waals surface area contributed by atoms with Crippen LogP contribution in [0.1, 0.15) is 40.0 Å². The molecule has 1 rings (SSSR count). The molecule has 0 spiro atoms. The van der Waals surface area contributed by atoms with Gasteiger partial charge in [-0.3, -0.25) is 0 Å². The fourth-order valence-electron chi connectivity index (χ4n) is 2.48. The molecule has 0 aromatic heterocycles. The van der Waals surface area contributed by atoms with Gasteiger partial charge < -0.3 is 10.5 Å². The normalized spacial score (nSPS) is 23.1. The van der Waals surface area contributed by atoms with Crippen molar-refractivity contribution in [2.75, 3.05) is 13.2 Å². The van der Waals surface area contributed by atoms with Gasteiger partial charge in [0, 0.05) is 19.3 Å². The third-order valence-electron chi connectivity index (χ3n) is 3.17. The number of hydrogen-bond acceptors (Lipinski definition) is 2. The highest BCUT2D eigenvalue weighted by Gasteiger charge is 2.31. The average Bonchev–Trinajstić information content (AvgIpc) is 2.04. The molecule has 2 nitrogen and oxygen atoms in total. The van der Waals surface area contributed by atoms with Crippen LogP contribution in [0.3, 0.4) is 0 Å². The van der Waals surface area contributed by atoms with Crippen LogP contribution in [0.25, 0.3) is 0 Å². The third-order valence-corrected chi connectivity index (χ3v) is 3.17. The molecular formula is C11H23NO. The van der Waals surface area contributed by atoms with Gasteiger partial charge in [0.05, 0.1) is 0 Å². The Bertz CT molecular complexity index is 148. The summed E-state index contributed by atoms with van der Waals surface area (Å²) in [5.41, 5.74) is 6.24. The Hall–Kier alpha value is -0.0800. The first-order valence-corrected chi connectivity index (χ1v) is 5.36. The molecule has 0 saturated carbocycles. The Balaban J connectivity index is 2.45. The van der Waals surface area contributed by atoms with E-state index in [0.717, 1.165) is 25.6 Å². The summed E-state index contributed by atoms with van der Waals surface area (Å²) in [6, 6.07) is 0.317. The van der Waals surface area contributed by atoms with E-state index in [-0.39, 0.29) is 0 Å². The standard InChI is InChI=1S/C11H23NO/c1-9(12)8-11(2,3)10-4-6-13-7-5-10/h9-10H,4-8,12H2,1-3H3. The third kappa shape index (κ3) is 3.28. The predicted molar refractivity (Wildman–Crippen MR) is 55.6 cm³/mol. The van der Waals surface area contributed by atoms with Crippen LogP contribution in [-0.2, 0) is 4.74 Å². The Morgan fingerprint density at radius 3 is 2.38 bits per heavy atom. The van der Waals surface area contributed by atoms with E-state index in [1.807, 2.05) is 0 Å². The van der Waals surface area contributed by atoms with Crippen molar-refractivity contribution >= 4 is 0 Å². The largest absolute Gasteiger partial charge is 0.381 e. The van der Waals surface area contributed by atoms with Crippen molar-refractivity contribution in [2.45, 2.75) is 46.1 Å². The SMILES string of the molecule is CC(N)CC(C)(C)C1CCOCC1. The van der Waals surface area contributed by atoms with Crippen LogP contribution in [0.15, 0.2) is 0 Å². The predicted octanol–water partition coefficient (Wildman–Crippen LogP) is 2.18. The van der Waals surface area contributed by atoms with Crippen molar-refractivity contribution < 1.29 is 4.74 Å². The van der Waals surface area contributed by atoms with E-state index in [4.69, 9.17) is 10.5 Å². The molecule has 1 fully saturated rings. The molecule has 0 radical (unpaired) electrons. The maximum absolute atomic E-state index is 5.85.